The van der Waals surface area contributed by atoms with Gasteiger partial charge in [0.25, 0.3) is 0 Å². The summed E-state index contributed by atoms with van der Waals surface area (Å²) >= 11 is 0. The third-order valence-corrected chi connectivity index (χ3v) is 4.29. The smallest absolute Gasteiger partial charge is 0.242 e. The van der Waals surface area contributed by atoms with Crippen molar-refractivity contribution in [1.82, 2.24) is 19.9 Å². The Labute approximate surface area is 142 Å². The number of aromatic nitrogens is 1. The highest BCUT2D eigenvalue weighted by atomic mass is 16.5. The maximum Gasteiger partial charge on any atom is 0.242 e. The van der Waals surface area contributed by atoms with E-state index in [1.54, 1.807) is 32.0 Å². The lowest BCUT2D eigenvalue weighted by atomic mass is 10.2. The van der Waals surface area contributed by atoms with Crippen molar-refractivity contribution in [3.8, 4) is 0 Å². The summed E-state index contributed by atoms with van der Waals surface area (Å²) in [5.74, 6) is 1.11. The van der Waals surface area contributed by atoms with Gasteiger partial charge in [0, 0.05) is 39.8 Å². The molecule has 0 spiro atoms. The van der Waals surface area contributed by atoms with E-state index in [0.29, 0.717) is 18.1 Å². The van der Waals surface area contributed by atoms with Crippen LogP contribution < -0.4 is 5.32 Å². The Morgan fingerprint density at radius 3 is 2.71 bits per heavy atom. The zero-order valence-electron chi connectivity index (χ0n) is 14.9. The molecule has 1 fully saturated rings. The van der Waals surface area contributed by atoms with Crippen LogP contribution in [0.5, 0.6) is 0 Å². The molecule has 0 radical (unpaired) electrons. The summed E-state index contributed by atoms with van der Waals surface area (Å²) in [7, 11) is 3.54. The van der Waals surface area contributed by atoms with E-state index in [0.717, 1.165) is 32.6 Å². The fourth-order valence-electron chi connectivity index (χ4n) is 2.69. The van der Waals surface area contributed by atoms with Crippen LogP contribution in [0, 0.1) is 6.92 Å². The van der Waals surface area contributed by atoms with E-state index in [1.165, 1.54) is 0 Å². The molecule has 0 bridgehead atoms. The van der Waals surface area contributed by atoms with Gasteiger partial charge in [0.15, 0.2) is 5.82 Å². The minimum absolute atomic E-state index is 0.0962. The monoisotopic (exact) mass is 337 g/mol. The average molecular weight is 337 g/mol. The molecule has 1 aliphatic heterocycles. The molecule has 8 heteroatoms. The molecular weight excluding hydrogens is 310 g/mol. The molecule has 1 N–H and O–H groups in total. The average Bonchev–Trinajstić information content (AvgIpc) is 2.80. The van der Waals surface area contributed by atoms with Crippen molar-refractivity contribution in [2.75, 3.05) is 52.1 Å². The predicted octanol–water partition coefficient (Wildman–Crippen LogP) is 0.406. The zero-order valence-corrected chi connectivity index (χ0v) is 14.9. The lowest BCUT2D eigenvalue weighted by molar-refractivity contribution is -0.130. The van der Waals surface area contributed by atoms with E-state index in [2.05, 4.69) is 20.3 Å². The molecule has 0 aliphatic carbocycles. The summed E-state index contributed by atoms with van der Waals surface area (Å²) in [4.78, 5) is 30.1. The molecule has 1 atom stereocenters. The lowest BCUT2D eigenvalue weighted by Crippen LogP contribution is -2.44. The predicted molar refractivity (Wildman–Crippen MR) is 90.7 cm³/mol. The Balaban J connectivity index is 1.85. The Hall–Kier alpha value is -1.93. The van der Waals surface area contributed by atoms with Crippen LogP contribution in [0.1, 0.15) is 19.1 Å². The minimum Gasteiger partial charge on any atom is -0.360 e. The first-order valence-electron chi connectivity index (χ1n) is 8.27. The Kier molecular flexibility index (Phi) is 6.33. The molecule has 1 aromatic rings. The van der Waals surface area contributed by atoms with Crippen molar-refractivity contribution in [2.45, 2.75) is 26.3 Å². The van der Waals surface area contributed by atoms with Crippen molar-refractivity contribution < 1.29 is 14.1 Å². The van der Waals surface area contributed by atoms with E-state index in [4.69, 9.17) is 4.52 Å². The first-order valence-corrected chi connectivity index (χ1v) is 8.27. The maximum atomic E-state index is 12.4. The van der Waals surface area contributed by atoms with Crippen LogP contribution in [0.2, 0.25) is 0 Å². The highest BCUT2D eigenvalue weighted by Crippen LogP contribution is 2.11. The van der Waals surface area contributed by atoms with Gasteiger partial charge in [-0.05, 0) is 26.8 Å². The molecule has 1 saturated heterocycles. The van der Waals surface area contributed by atoms with Crippen molar-refractivity contribution in [2.24, 2.45) is 0 Å². The van der Waals surface area contributed by atoms with Gasteiger partial charge in [0.1, 0.15) is 5.76 Å². The zero-order chi connectivity index (χ0) is 17.7. The van der Waals surface area contributed by atoms with Crippen LogP contribution in [-0.2, 0) is 9.59 Å². The number of carbonyl (C=O) groups excluding carboxylic acids is 2. The number of nitrogens with one attached hydrogen (secondary N) is 1. The van der Waals surface area contributed by atoms with E-state index in [1.807, 2.05) is 6.92 Å². The number of nitrogens with zero attached hydrogens (tertiary/aromatic N) is 4. The van der Waals surface area contributed by atoms with Gasteiger partial charge < -0.3 is 14.7 Å². The van der Waals surface area contributed by atoms with E-state index >= 15 is 0 Å². The number of hydrogen-bond acceptors (Lipinski definition) is 6. The first kappa shape index (κ1) is 18.4. The van der Waals surface area contributed by atoms with Crippen LogP contribution >= 0.6 is 0 Å². The van der Waals surface area contributed by atoms with Crippen LogP contribution in [0.3, 0.4) is 0 Å². The standard InChI is InChI=1S/C16H27N5O3/c1-12-10-14(18-24-12)17-16(23)13(2)21-7-5-6-20(8-9-21)11-15(22)19(3)4/h10,13H,5-9,11H2,1-4H3,(H,17,18,23)/t13-/m1/s1. The summed E-state index contributed by atoms with van der Waals surface area (Å²) in [6, 6.07) is 1.44. The van der Waals surface area contributed by atoms with Crippen molar-refractivity contribution in [1.29, 1.82) is 0 Å². The molecular formula is C16H27N5O3. The first-order chi connectivity index (χ1) is 11.4. The second-order valence-corrected chi connectivity index (χ2v) is 6.44. The Morgan fingerprint density at radius 1 is 1.33 bits per heavy atom. The quantitative estimate of drug-likeness (QED) is 0.838. The third-order valence-electron chi connectivity index (χ3n) is 4.29. The molecule has 2 rings (SSSR count). The lowest BCUT2D eigenvalue weighted by Gasteiger charge is -2.26. The van der Waals surface area contributed by atoms with Gasteiger partial charge >= 0.3 is 0 Å². The van der Waals surface area contributed by atoms with E-state index in [9.17, 15) is 9.59 Å². The van der Waals surface area contributed by atoms with E-state index in [-0.39, 0.29) is 17.9 Å². The molecule has 134 valence electrons. The number of carbonyl (C=O) groups is 2. The molecule has 1 aromatic heterocycles. The highest BCUT2D eigenvalue weighted by Gasteiger charge is 2.25. The fraction of sp³-hybridized carbons (Fsp3) is 0.688. The van der Waals surface area contributed by atoms with Crippen molar-refractivity contribution in [3.63, 3.8) is 0 Å². The SMILES string of the molecule is Cc1cc(NC(=O)[C@@H](C)N2CCCN(CC(=O)N(C)C)CC2)no1. The van der Waals surface area contributed by atoms with Crippen molar-refractivity contribution in [3.05, 3.63) is 11.8 Å². The summed E-state index contributed by atoms with van der Waals surface area (Å²) < 4.78 is 4.96. The Morgan fingerprint density at radius 2 is 2.08 bits per heavy atom. The molecule has 0 unspecified atom stereocenters. The number of rotatable bonds is 5. The summed E-state index contributed by atoms with van der Waals surface area (Å²) in [6.07, 6.45) is 0.932. The van der Waals surface area contributed by atoms with Crippen LogP contribution in [0.4, 0.5) is 5.82 Å². The van der Waals surface area contributed by atoms with Gasteiger partial charge in [-0.2, -0.15) is 0 Å². The van der Waals surface area contributed by atoms with Gasteiger partial charge in [-0.15, -0.1) is 0 Å². The van der Waals surface area contributed by atoms with Gasteiger partial charge in [-0.25, -0.2) is 0 Å². The highest BCUT2D eigenvalue weighted by molar-refractivity contribution is 5.93. The number of amides is 2. The van der Waals surface area contributed by atoms with Gasteiger partial charge in [-0.3, -0.25) is 19.4 Å². The number of hydrogen-bond donors (Lipinski definition) is 1. The van der Waals surface area contributed by atoms with Gasteiger partial charge in [-0.1, -0.05) is 5.16 Å². The summed E-state index contributed by atoms with van der Waals surface area (Å²) in [6.45, 7) is 7.34. The molecule has 0 saturated carbocycles. The largest absolute Gasteiger partial charge is 0.360 e. The van der Waals surface area contributed by atoms with Crippen LogP contribution in [-0.4, -0.2) is 84.5 Å². The molecule has 24 heavy (non-hydrogen) atoms. The molecule has 1 aliphatic rings. The summed E-state index contributed by atoms with van der Waals surface area (Å²) in [5.41, 5.74) is 0. The third kappa shape index (κ3) is 5.04. The van der Waals surface area contributed by atoms with Crippen molar-refractivity contribution >= 4 is 17.6 Å². The van der Waals surface area contributed by atoms with Gasteiger partial charge in [0.2, 0.25) is 11.8 Å². The molecule has 0 aromatic carbocycles. The van der Waals surface area contributed by atoms with Crippen LogP contribution in [0.15, 0.2) is 10.6 Å². The van der Waals surface area contributed by atoms with E-state index < -0.39 is 0 Å². The van der Waals surface area contributed by atoms with Gasteiger partial charge in [0.05, 0.1) is 12.6 Å². The number of anilines is 1. The van der Waals surface area contributed by atoms with Crippen LogP contribution in [0.25, 0.3) is 0 Å². The molecule has 8 nitrogen and oxygen atoms in total. The number of likely N-dealkylation sites (N-methyl/N-ethyl adjacent to an activating group) is 1. The normalized spacial score (nSPS) is 18.0. The minimum atomic E-state index is -0.258. The number of aryl methyl sites for hydroxylation is 1. The fourth-order valence-corrected chi connectivity index (χ4v) is 2.69. The topological polar surface area (TPSA) is 81.9 Å². The second-order valence-electron chi connectivity index (χ2n) is 6.44. The Bertz CT molecular complexity index is 572. The molecule has 2 heterocycles. The molecule has 2 amide bonds. The second kappa shape index (κ2) is 8.25. The maximum absolute atomic E-state index is 12.4. The summed E-state index contributed by atoms with van der Waals surface area (Å²) in [5, 5.41) is 6.57.